The van der Waals surface area contributed by atoms with Gasteiger partial charge in [-0.1, -0.05) is 0 Å². The van der Waals surface area contributed by atoms with Gasteiger partial charge in [-0.15, -0.1) is 0 Å². The molecule has 90 valence electrons. The lowest BCUT2D eigenvalue weighted by molar-refractivity contribution is 0.559. The van der Waals surface area contributed by atoms with Gasteiger partial charge in [0, 0.05) is 6.04 Å². The Morgan fingerprint density at radius 1 is 1.29 bits per heavy atom. The van der Waals surface area contributed by atoms with Crippen LogP contribution in [0.3, 0.4) is 0 Å². The van der Waals surface area contributed by atoms with Gasteiger partial charge in [-0.25, -0.2) is 18.4 Å². The highest BCUT2D eigenvalue weighted by molar-refractivity contribution is 7.91. The average molecular weight is 252 g/mol. The maximum Gasteiger partial charge on any atom is 0.158 e. The third kappa shape index (κ3) is 3.14. The molecule has 2 rings (SSSR count). The lowest BCUT2D eigenvalue weighted by atomic mass is 10.1. The molecule has 1 aliphatic rings. The highest BCUT2D eigenvalue weighted by atomic mass is 32.2. The molecule has 17 heavy (non-hydrogen) atoms. The molecule has 7 heteroatoms. The van der Waals surface area contributed by atoms with E-state index in [1.165, 1.54) is 12.4 Å². The lowest BCUT2D eigenvalue weighted by Crippen LogP contribution is -2.32. The molecule has 1 aromatic rings. The minimum atomic E-state index is -2.84. The van der Waals surface area contributed by atoms with Crippen molar-refractivity contribution in [1.82, 2.24) is 9.97 Å². The summed E-state index contributed by atoms with van der Waals surface area (Å²) in [5, 5.41) is 11.7. The summed E-state index contributed by atoms with van der Waals surface area (Å²) in [7, 11) is -2.84. The summed E-state index contributed by atoms with van der Waals surface area (Å²) in [6.45, 7) is 0. The summed E-state index contributed by atoms with van der Waals surface area (Å²) in [6, 6.07) is 2.00. The number of anilines is 1. The van der Waals surface area contributed by atoms with Crippen molar-refractivity contribution in [2.45, 2.75) is 18.9 Å². The van der Waals surface area contributed by atoms with E-state index in [4.69, 9.17) is 5.26 Å². The predicted molar refractivity (Wildman–Crippen MR) is 62.0 cm³/mol. The van der Waals surface area contributed by atoms with Gasteiger partial charge in [-0.05, 0) is 12.8 Å². The van der Waals surface area contributed by atoms with Crippen molar-refractivity contribution in [2.24, 2.45) is 0 Å². The van der Waals surface area contributed by atoms with E-state index in [-0.39, 0.29) is 23.2 Å². The van der Waals surface area contributed by atoms with Gasteiger partial charge in [0.1, 0.15) is 21.7 Å². The molecule has 1 aromatic heterocycles. The zero-order chi connectivity index (χ0) is 12.3. The molecule has 0 aromatic carbocycles. The summed E-state index contributed by atoms with van der Waals surface area (Å²) < 4.78 is 22.5. The highest BCUT2D eigenvalue weighted by Crippen LogP contribution is 2.15. The largest absolute Gasteiger partial charge is 0.366 e. The van der Waals surface area contributed by atoms with Gasteiger partial charge < -0.3 is 5.32 Å². The second-order valence-corrected chi connectivity index (χ2v) is 6.27. The Kier molecular flexibility index (Phi) is 3.24. The van der Waals surface area contributed by atoms with E-state index in [1.807, 2.05) is 6.07 Å². The molecule has 1 N–H and O–H groups in total. The van der Waals surface area contributed by atoms with Gasteiger partial charge >= 0.3 is 0 Å². The third-order valence-corrected chi connectivity index (χ3v) is 4.39. The molecule has 0 radical (unpaired) electrons. The van der Waals surface area contributed by atoms with Gasteiger partial charge in [0.05, 0.1) is 23.9 Å². The minimum absolute atomic E-state index is 0.112. The highest BCUT2D eigenvalue weighted by Gasteiger charge is 2.23. The summed E-state index contributed by atoms with van der Waals surface area (Å²) in [4.78, 5) is 7.92. The molecule has 2 heterocycles. The first kappa shape index (κ1) is 11.8. The minimum Gasteiger partial charge on any atom is -0.366 e. The summed E-state index contributed by atoms with van der Waals surface area (Å²) in [5.74, 6) is 1.01. The quantitative estimate of drug-likeness (QED) is 0.815. The molecule has 1 saturated heterocycles. The monoisotopic (exact) mass is 252 g/mol. The maximum atomic E-state index is 11.2. The Balaban J connectivity index is 1.96. The second kappa shape index (κ2) is 4.67. The zero-order valence-electron chi connectivity index (χ0n) is 9.13. The molecule has 0 spiro atoms. The standard InChI is InChI=1S/C10H12N4O2S/c11-5-9-6-13-10(7-12-9)14-8-1-3-17(15,16)4-2-8/h6-8H,1-4H2,(H,13,14). The Bertz CT molecular complexity index is 518. The number of aromatic nitrogens is 2. The zero-order valence-corrected chi connectivity index (χ0v) is 9.94. The third-order valence-electron chi connectivity index (χ3n) is 2.67. The summed E-state index contributed by atoms with van der Waals surface area (Å²) >= 11 is 0. The van der Waals surface area contributed by atoms with Gasteiger partial charge in [0.25, 0.3) is 0 Å². The van der Waals surface area contributed by atoms with E-state index in [0.29, 0.717) is 18.7 Å². The van der Waals surface area contributed by atoms with E-state index in [9.17, 15) is 8.42 Å². The second-order valence-electron chi connectivity index (χ2n) is 3.97. The molecule has 0 atom stereocenters. The van der Waals surface area contributed by atoms with Crippen LogP contribution in [0.2, 0.25) is 0 Å². The molecule has 1 fully saturated rings. The lowest BCUT2D eigenvalue weighted by Gasteiger charge is -2.23. The van der Waals surface area contributed by atoms with E-state index >= 15 is 0 Å². The normalized spacial score (nSPS) is 19.5. The van der Waals surface area contributed by atoms with Crippen LogP contribution in [-0.2, 0) is 9.84 Å². The predicted octanol–water partition coefficient (Wildman–Crippen LogP) is 0.337. The van der Waals surface area contributed by atoms with E-state index in [0.717, 1.165) is 0 Å². The van der Waals surface area contributed by atoms with Crippen molar-refractivity contribution in [3.8, 4) is 6.07 Å². The van der Waals surface area contributed by atoms with E-state index in [2.05, 4.69) is 15.3 Å². The van der Waals surface area contributed by atoms with E-state index in [1.54, 1.807) is 0 Å². The smallest absolute Gasteiger partial charge is 0.158 e. The Labute approximate surface area is 99.6 Å². The maximum absolute atomic E-state index is 11.2. The van der Waals surface area contributed by atoms with Gasteiger partial charge in [-0.3, -0.25) is 0 Å². The fraction of sp³-hybridized carbons (Fsp3) is 0.500. The van der Waals surface area contributed by atoms with Crippen molar-refractivity contribution >= 4 is 15.7 Å². The van der Waals surface area contributed by atoms with Crippen LogP contribution in [0.4, 0.5) is 5.82 Å². The van der Waals surface area contributed by atoms with Crippen molar-refractivity contribution in [3.63, 3.8) is 0 Å². The van der Waals surface area contributed by atoms with Crippen LogP contribution in [0.1, 0.15) is 18.5 Å². The molecular formula is C10H12N4O2S. The molecule has 1 aliphatic heterocycles. The van der Waals surface area contributed by atoms with Gasteiger partial charge in [0.15, 0.2) is 5.69 Å². The van der Waals surface area contributed by atoms with Crippen LogP contribution in [0.25, 0.3) is 0 Å². The van der Waals surface area contributed by atoms with Crippen LogP contribution in [0.5, 0.6) is 0 Å². The molecule has 6 nitrogen and oxygen atoms in total. The molecule has 0 unspecified atom stereocenters. The topological polar surface area (TPSA) is 95.7 Å². The molecular weight excluding hydrogens is 240 g/mol. The number of rotatable bonds is 2. The number of nitrogens with zero attached hydrogens (tertiary/aromatic N) is 3. The van der Waals surface area contributed by atoms with Crippen LogP contribution >= 0.6 is 0 Å². The first-order chi connectivity index (χ1) is 8.09. The van der Waals surface area contributed by atoms with Crippen molar-refractivity contribution in [3.05, 3.63) is 18.1 Å². The number of sulfone groups is 1. The number of nitrogens with one attached hydrogen (secondary N) is 1. The number of hydrogen-bond donors (Lipinski definition) is 1. The van der Waals surface area contributed by atoms with Crippen LogP contribution in [0.15, 0.2) is 12.4 Å². The summed E-state index contributed by atoms with van der Waals surface area (Å²) in [5.41, 5.74) is 0.266. The first-order valence-corrected chi connectivity index (χ1v) is 7.10. The molecule has 0 bridgehead atoms. The van der Waals surface area contributed by atoms with Crippen LogP contribution in [-0.4, -0.2) is 35.9 Å². The molecule has 0 amide bonds. The van der Waals surface area contributed by atoms with Gasteiger partial charge in [0.2, 0.25) is 0 Å². The fourth-order valence-corrected chi connectivity index (χ4v) is 3.20. The van der Waals surface area contributed by atoms with E-state index < -0.39 is 9.84 Å². The number of hydrogen-bond acceptors (Lipinski definition) is 6. The van der Waals surface area contributed by atoms with Gasteiger partial charge in [-0.2, -0.15) is 5.26 Å². The Morgan fingerprint density at radius 2 is 2.00 bits per heavy atom. The summed E-state index contributed by atoms with van der Waals surface area (Å²) in [6.07, 6.45) is 4.05. The first-order valence-electron chi connectivity index (χ1n) is 5.28. The SMILES string of the molecule is N#Cc1cnc(NC2CCS(=O)(=O)CC2)cn1. The Morgan fingerprint density at radius 3 is 2.53 bits per heavy atom. The van der Waals surface area contributed by atoms with Crippen LogP contribution in [0, 0.1) is 11.3 Å². The fourth-order valence-electron chi connectivity index (χ4n) is 1.70. The van der Waals surface area contributed by atoms with Crippen LogP contribution < -0.4 is 5.32 Å². The molecule has 0 aliphatic carbocycles. The van der Waals surface area contributed by atoms with Crippen molar-refractivity contribution in [2.75, 3.05) is 16.8 Å². The average Bonchev–Trinajstić information content (AvgIpc) is 2.33. The number of nitriles is 1. The Hall–Kier alpha value is -1.68. The van der Waals surface area contributed by atoms with Crippen molar-refractivity contribution in [1.29, 1.82) is 5.26 Å². The molecule has 0 saturated carbocycles. The van der Waals surface area contributed by atoms with Crippen molar-refractivity contribution < 1.29 is 8.42 Å².